The highest BCUT2D eigenvalue weighted by atomic mass is 16.5. The number of benzene rings is 1. The van der Waals surface area contributed by atoms with Crippen molar-refractivity contribution >= 4 is 6.29 Å². The number of aldehydes is 1. The molecule has 14 heavy (non-hydrogen) atoms. The van der Waals surface area contributed by atoms with Gasteiger partial charge in [-0.2, -0.15) is 0 Å². The minimum atomic E-state index is 0.386. The van der Waals surface area contributed by atoms with Crippen molar-refractivity contribution in [2.24, 2.45) is 0 Å². The zero-order valence-corrected chi connectivity index (χ0v) is 8.32. The van der Waals surface area contributed by atoms with E-state index in [1.807, 2.05) is 31.2 Å². The van der Waals surface area contributed by atoms with Crippen molar-refractivity contribution in [3.8, 4) is 5.75 Å². The molecule has 0 aromatic heterocycles. The van der Waals surface area contributed by atoms with Gasteiger partial charge in [-0.3, -0.25) is 0 Å². The monoisotopic (exact) mass is 193 g/mol. The number of ether oxygens (including phenoxy) is 1. The molecule has 1 aromatic rings. The first-order chi connectivity index (χ1) is 6.83. The molecular weight excluding hydrogens is 178 g/mol. The zero-order chi connectivity index (χ0) is 10.2. The Morgan fingerprint density at radius 2 is 2.07 bits per heavy atom. The summed E-state index contributed by atoms with van der Waals surface area (Å²) in [4.78, 5) is 9.97. The molecule has 76 valence electrons. The van der Waals surface area contributed by atoms with E-state index in [9.17, 15) is 4.79 Å². The van der Waals surface area contributed by atoms with Crippen molar-refractivity contribution < 1.29 is 9.53 Å². The smallest absolute Gasteiger partial charge is 0.133 e. The van der Waals surface area contributed by atoms with Crippen LogP contribution in [0.25, 0.3) is 0 Å². The average Bonchev–Trinajstić information content (AvgIpc) is 2.21. The molecule has 0 aliphatic carbocycles. The molecule has 1 aromatic carbocycles. The molecule has 0 aliphatic heterocycles. The van der Waals surface area contributed by atoms with Crippen molar-refractivity contribution in [2.45, 2.75) is 6.92 Å². The van der Waals surface area contributed by atoms with Gasteiger partial charge in [-0.15, -0.1) is 0 Å². The van der Waals surface area contributed by atoms with Gasteiger partial charge in [0.25, 0.3) is 0 Å². The van der Waals surface area contributed by atoms with Gasteiger partial charge in [-0.05, 0) is 19.1 Å². The van der Waals surface area contributed by atoms with Crippen LogP contribution in [0.5, 0.6) is 5.75 Å². The molecular formula is C11H15NO2. The lowest BCUT2D eigenvalue weighted by Crippen LogP contribution is -2.22. The van der Waals surface area contributed by atoms with Crippen molar-refractivity contribution in [3.05, 3.63) is 29.8 Å². The van der Waals surface area contributed by atoms with Gasteiger partial charge in [0.05, 0.1) is 6.54 Å². The Hall–Kier alpha value is -1.35. The van der Waals surface area contributed by atoms with Crippen LogP contribution in [0.3, 0.4) is 0 Å². The van der Waals surface area contributed by atoms with Crippen LogP contribution in [0.4, 0.5) is 0 Å². The standard InChI is InChI=1S/C11H15NO2/c1-10-2-4-11(5-3-10)14-9-7-12-6-8-13/h2-5,8,12H,6-7,9H2,1H3. The third kappa shape index (κ3) is 4.05. The number of carbonyl (C=O) groups excluding carboxylic acids is 1. The first-order valence-corrected chi connectivity index (χ1v) is 4.67. The van der Waals surface area contributed by atoms with Crippen LogP contribution in [0.15, 0.2) is 24.3 Å². The predicted molar refractivity (Wildman–Crippen MR) is 55.6 cm³/mol. The second kappa shape index (κ2) is 6.16. The molecule has 0 amide bonds. The molecule has 0 aliphatic rings. The molecule has 3 nitrogen and oxygen atoms in total. The van der Waals surface area contributed by atoms with Crippen molar-refractivity contribution in [1.82, 2.24) is 5.32 Å². The van der Waals surface area contributed by atoms with Crippen LogP contribution in [0, 0.1) is 6.92 Å². The Morgan fingerprint density at radius 3 is 2.71 bits per heavy atom. The average molecular weight is 193 g/mol. The summed E-state index contributed by atoms with van der Waals surface area (Å²) in [7, 11) is 0. The fourth-order valence-electron chi connectivity index (χ4n) is 1.04. The molecule has 0 radical (unpaired) electrons. The quantitative estimate of drug-likeness (QED) is 0.544. The number of aryl methyl sites for hydroxylation is 1. The maximum atomic E-state index is 9.97. The van der Waals surface area contributed by atoms with Crippen molar-refractivity contribution in [2.75, 3.05) is 19.7 Å². The summed E-state index contributed by atoms with van der Waals surface area (Å²) in [6, 6.07) is 7.90. The summed E-state index contributed by atoms with van der Waals surface area (Å²) >= 11 is 0. The Labute approximate surface area is 84.1 Å². The summed E-state index contributed by atoms with van der Waals surface area (Å²) in [6.07, 6.45) is 0.839. The SMILES string of the molecule is Cc1ccc(OCCNCC=O)cc1. The second-order valence-corrected chi connectivity index (χ2v) is 3.03. The van der Waals surface area contributed by atoms with Crippen LogP contribution in [0.2, 0.25) is 0 Å². The summed E-state index contributed by atoms with van der Waals surface area (Å²) in [5.74, 6) is 0.864. The normalized spacial score (nSPS) is 9.79. The van der Waals surface area contributed by atoms with Gasteiger partial charge in [0.1, 0.15) is 18.6 Å². The maximum Gasteiger partial charge on any atom is 0.133 e. The zero-order valence-electron chi connectivity index (χ0n) is 8.32. The third-order valence-electron chi connectivity index (χ3n) is 1.80. The Bertz CT molecular complexity index is 269. The Morgan fingerprint density at radius 1 is 1.36 bits per heavy atom. The van der Waals surface area contributed by atoms with Gasteiger partial charge >= 0.3 is 0 Å². The number of nitrogens with one attached hydrogen (secondary N) is 1. The van der Waals surface area contributed by atoms with E-state index in [-0.39, 0.29) is 0 Å². The van der Waals surface area contributed by atoms with Gasteiger partial charge in [0, 0.05) is 6.54 Å². The summed E-state index contributed by atoms with van der Waals surface area (Å²) in [6.45, 7) is 3.69. The summed E-state index contributed by atoms with van der Waals surface area (Å²) < 4.78 is 5.43. The molecule has 1 N–H and O–H groups in total. The maximum absolute atomic E-state index is 9.97. The summed E-state index contributed by atoms with van der Waals surface area (Å²) in [5.41, 5.74) is 1.22. The van der Waals surface area contributed by atoms with Gasteiger partial charge < -0.3 is 14.8 Å². The molecule has 1 rings (SSSR count). The largest absolute Gasteiger partial charge is 0.492 e. The lowest BCUT2D eigenvalue weighted by molar-refractivity contribution is -0.107. The van der Waals surface area contributed by atoms with Crippen molar-refractivity contribution in [1.29, 1.82) is 0 Å². The first-order valence-electron chi connectivity index (χ1n) is 4.67. The molecule has 3 heteroatoms. The predicted octanol–water partition coefficient (Wildman–Crippen LogP) is 1.16. The van der Waals surface area contributed by atoms with E-state index in [2.05, 4.69) is 5.32 Å². The number of hydrogen-bond donors (Lipinski definition) is 1. The van der Waals surface area contributed by atoms with Crippen LogP contribution in [-0.2, 0) is 4.79 Å². The highest BCUT2D eigenvalue weighted by Gasteiger charge is 1.92. The van der Waals surface area contributed by atoms with Gasteiger partial charge in [0.2, 0.25) is 0 Å². The second-order valence-electron chi connectivity index (χ2n) is 3.03. The molecule has 0 saturated carbocycles. The van der Waals surface area contributed by atoms with E-state index in [0.717, 1.165) is 12.0 Å². The Kier molecular flexibility index (Phi) is 4.72. The fraction of sp³-hybridized carbons (Fsp3) is 0.364. The van der Waals surface area contributed by atoms with Gasteiger partial charge in [-0.25, -0.2) is 0 Å². The third-order valence-corrected chi connectivity index (χ3v) is 1.80. The minimum Gasteiger partial charge on any atom is -0.492 e. The first kappa shape index (κ1) is 10.7. The highest BCUT2D eigenvalue weighted by Crippen LogP contribution is 2.10. The number of rotatable bonds is 6. The van der Waals surface area contributed by atoms with Crippen LogP contribution in [-0.4, -0.2) is 26.0 Å². The molecule has 0 heterocycles. The van der Waals surface area contributed by atoms with Crippen LogP contribution >= 0.6 is 0 Å². The van der Waals surface area contributed by atoms with E-state index < -0.39 is 0 Å². The number of hydrogen-bond acceptors (Lipinski definition) is 3. The van der Waals surface area contributed by atoms with E-state index >= 15 is 0 Å². The van der Waals surface area contributed by atoms with E-state index in [0.29, 0.717) is 19.7 Å². The lowest BCUT2D eigenvalue weighted by atomic mass is 10.2. The van der Waals surface area contributed by atoms with E-state index in [1.54, 1.807) is 0 Å². The van der Waals surface area contributed by atoms with Crippen LogP contribution < -0.4 is 10.1 Å². The summed E-state index contributed by atoms with van der Waals surface area (Å²) in [5, 5.41) is 2.92. The number of carbonyl (C=O) groups is 1. The fourth-order valence-corrected chi connectivity index (χ4v) is 1.04. The lowest BCUT2D eigenvalue weighted by Gasteiger charge is -2.05. The molecule has 0 unspecified atom stereocenters. The van der Waals surface area contributed by atoms with E-state index in [4.69, 9.17) is 4.74 Å². The Balaban J connectivity index is 2.18. The van der Waals surface area contributed by atoms with E-state index in [1.165, 1.54) is 5.56 Å². The molecule has 0 spiro atoms. The molecule has 0 atom stereocenters. The van der Waals surface area contributed by atoms with Gasteiger partial charge in [-0.1, -0.05) is 17.7 Å². The van der Waals surface area contributed by atoms with Gasteiger partial charge in [0.15, 0.2) is 0 Å². The molecule has 0 fully saturated rings. The van der Waals surface area contributed by atoms with Crippen LogP contribution in [0.1, 0.15) is 5.56 Å². The molecule has 0 saturated heterocycles. The minimum absolute atomic E-state index is 0.386. The molecule has 0 bridgehead atoms. The topological polar surface area (TPSA) is 38.3 Å². The highest BCUT2D eigenvalue weighted by molar-refractivity contribution is 5.51. The van der Waals surface area contributed by atoms with Crippen molar-refractivity contribution in [3.63, 3.8) is 0 Å².